The van der Waals surface area contributed by atoms with Gasteiger partial charge >= 0.3 is 0 Å². The maximum absolute atomic E-state index is 4.62. The molecule has 0 spiro atoms. The zero-order valence-corrected chi connectivity index (χ0v) is 19.7. The van der Waals surface area contributed by atoms with Crippen molar-refractivity contribution in [3.05, 3.63) is 77.4 Å². The number of hydrogen-bond acceptors (Lipinski definition) is 2. The van der Waals surface area contributed by atoms with Gasteiger partial charge in [-0.05, 0) is 61.1 Å². The number of benzene rings is 2. The average molecular weight is 411 g/mol. The minimum atomic E-state index is 0.181. The first-order valence-corrected chi connectivity index (χ1v) is 10.9. The molecular weight excluding hydrogens is 378 g/mol. The van der Waals surface area contributed by atoms with Crippen LogP contribution in [0.3, 0.4) is 0 Å². The SMILES string of the molecule is Cc1cc(C)c(C)c(-c2ccc3ccc(-c4cnc(CC(C)(C)C)nc4)cc3[n+]2C)c1. The number of fused-ring (bicyclic) bond motifs is 1. The second-order valence-corrected chi connectivity index (χ2v) is 9.93. The van der Waals surface area contributed by atoms with Crippen molar-refractivity contribution in [3.8, 4) is 22.4 Å². The third-order valence-corrected chi connectivity index (χ3v) is 5.99. The fourth-order valence-electron chi connectivity index (χ4n) is 4.21. The lowest BCUT2D eigenvalue weighted by Gasteiger charge is -2.16. The van der Waals surface area contributed by atoms with Crippen LogP contribution >= 0.6 is 0 Å². The third-order valence-electron chi connectivity index (χ3n) is 5.99. The van der Waals surface area contributed by atoms with E-state index in [0.717, 1.165) is 23.4 Å². The van der Waals surface area contributed by atoms with E-state index in [9.17, 15) is 0 Å². The fraction of sp³-hybridized carbons (Fsp3) is 0.321. The lowest BCUT2D eigenvalue weighted by atomic mass is 9.92. The normalized spacial score (nSPS) is 11.8. The Hall–Kier alpha value is -3.07. The van der Waals surface area contributed by atoms with E-state index in [2.05, 4.69) is 106 Å². The van der Waals surface area contributed by atoms with E-state index in [1.807, 2.05) is 12.4 Å². The lowest BCUT2D eigenvalue weighted by molar-refractivity contribution is -0.633. The number of rotatable bonds is 3. The molecule has 0 bridgehead atoms. The smallest absolute Gasteiger partial charge is 0.213 e. The van der Waals surface area contributed by atoms with Crippen LogP contribution in [0.4, 0.5) is 0 Å². The largest absolute Gasteiger partial charge is 0.241 e. The second-order valence-electron chi connectivity index (χ2n) is 9.93. The van der Waals surface area contributed by atoms with E-state index in [0.29, 0.717) is 0 Å². The van der Waals surface area contributed by atoms with Crippen LogP contribution in [0.25, 0.3) is 33.3 Å². The Labute approximate surface area is 185 Å². The zero-order chi connectivity index (χ0) is 22.3. The fourth-order valence-corrected chi connectivity index (χ4v) is 4.21. The molecule has 0 atom stereocenters. The van der Waals surface area contributed by atoms with E-state index in [4.69, 9.17) is 0 Å². The third kappa shape index (κ3) is 4.36. The van der Waals surface area contributed by atoms with Gasteiger partial charge in [0.2, 0.25) is 11.2 Å². The number of pyridine rings is 1. The molecule has 0 aliphatic rings. The average Bonchev–Trinajstić information content (AvgIpc) is 2.70. The molecular formula is C28H32N3+. The van der Waals surface area contributed by atoms with Crippen molar-refractivity contribution >= 4 is 10.9 Å². The minimum Gasteiger partial charge on any atom is -0.241 e. The highest BCUT2D eigenvalue weighted by molar-refractivity contribution is 5.83. The van der Waals surface area contributed by atoms with Crippen molar-refractivity contribution < 1.29 is 4.57 Å². The molecule has 0 saturated heterocycles. The number of aryl methyl sites for hydroxylation is 3. The van der Waals surface area contributed by atoms with Crippen molar-refractivity contribution in [1.82, 2.24) is 9.97 Å². The summed E-state index contributed by atoms with van der Waals surface area (Å²) >= 11 is 0. The van der Waals surface area contributed by atoms with Gasteiger partial charge in [0, 0.05) is 47.5 Å². The van der Waals surface area contributed by atoms with Gasteiger partial charge in [-0.25, -0.2) is 9.97 Å². The summed E-state index contributed by atoms with van der Waals surface area (Å²) in [6, 6.07) is 15.6. The Kier molecular flexibility index (Phi) is 5.38. The molecule has 2 aromatic heterocycles. The topological polar surface area (TPSA) is 29.7 Å². The summed E-state index contributed by atoms with van der Waals surface area (Å²) < 4.78 is 2.30. The summed E-state index contributed by atoms with van der Waals surface area (Å²) in [7, 11) is 2.15. The van der Waals surface area contributed by atoms with Crippen molar-refractivity contribution in [3.63, 3.8) is 0 Å². The number of aromatic nitrogens is 3. The minimum absolute atomic E-state index is 0.181. The van der Waals surface area contributed by atoms with Gasteiger partial charge < -0.3 is 0 Å². The monoisotopic (exact) mass is 410 g/mol. The first-order valence-electron chi connectivity index (χ1n) is 10.9. The summed E-state index contributed by atoms with van der Waals surface area (Å²) in [5.41, 5.74) is 10.0. The van der Waals surface area contributed by atoms with Crippen LogP contribution in [0.2, 0.25) is 0 Å². The maximum Gasteiger partial charge on any atom is 0.213 e. The molecule has 0 N–H and O–H groups in total. The highest BCUT2D eigenvalue weighted by Gasteiger charge is 2.18. The van der Waals surface area contributed by atoms with Gasteiger partial charge in [0.05, 0.1) is 0 Å². The Balaban J connectivity index is 1.78. The van der Waals surface area contributed by atoms with Gasteiger partial charge in [-0.15, -0.1) is 0 Å². The Bertz CT molecular complexity index is 1260. The van der Waals surface area contributed by atoms with Gasteiger partial charge in [-0.3, -0.25) is 0 Å². The summed E-state index contributed by atoms with van der Waals surface area (Å²) in [6.07, 6.45) is 4.78. The van der Waals surface area contributed by atoms with Crippen molar-refractivity contribution in [2.75, 3.05) is 0 Å². The zero-order valence-electron chi connectivity index (χ0n) is 19.7. The molecule has 0 fully saturated rings. The molecule has 0 aliphatic carbocycles. The molecule has 158 valence electrons. The first kappa shape index (κ1) is 21.2. The quantitative estimate of drug-likeness (QED) is 0.371. The van der Waals surface area contributed by atoms with E-state index < -0.39 is 0 Å². The predicted octanol–water partition coefficient (Wildman–Crippen LogP) is 6.30. The van der Waals surface area contributed by atoms with Gasteiger partial charge in [-0.1, -0.05) is 38.5 Å². The molecule has 3 nitrogen and oxygen atoms in total. The van der Waals surface area contributed by atoms with Gasteiger partial charge in [0.15, 0.2) is 0 Å². The summed E-state index contributed by atoms with van der Waals surface area (Å²) in [5.74, 6) is 0.898. The van der Waals surface area contributed by atoms with Crippen molar-refractivity contribution in [2.24, 2.45) is 12.5 Å². The first-order chi connectivity index (χ1) is 14.6. The summed E-state index contributed by atoms with van der Waals surface area (Å²) in [5, 5.41) is 1.22. The van der Waals surface area contributed by atoms with Gasteiger partial charge in [0.1, 0.15) is 12.9 Å². The van der Waals surface area contributed by atoms with Crippen LogP contribution in [0.1, 0.15) is 43.3 Å². The van der Waals surface area contributed by atoms with Crippen LogP contribution in [0.5, 0.6) is 0 Å². The highest BCUT2D eigenvalue weighted by Crippen LogP contribution is 2.28. The molecule has 0 unspecified atom stereocenters. The van der Waals surface area contributed by atoms with Crippen LogP contribution < -0.4 is 4.57 Å². The van der Waals surface area contributed by atoms with Gasteiger partial charge in [-0.2, -0.15) is 4.57 Å². The van der Waals surface area contributed by atoms with E-state index in [1.165, 1.54) is 38.9 Å². The molecule has 2 aromatic carbocycles. The van der Waals surface area contributed by atoms with Crippen molar-refractivity contribution in [2.45, 2.75) is 48.0 Å². The summed E-state index contributed by atoms with van der Waals surface area (Å²) in [6.45, 7) is 13.2. The number of hydrogen-bond donors (Lipinski definition) is 0. The van der Waals surface area contributed by atoms with Crippen LogP contribution in [-0.4, -0.2) is 9.97 Å². The van der Waals surface area contributed by atoms with E-state index in [-0.39, 0.29) is 5.41 Å². The summed E-state index contributed by atoms with van der Waals surface area (Å²) in [4.78, 5) is 9.24. The molecule has 4 aromatic rings. The molecule has 2 heterocycles. The Morgan fingerprint density at radius 1 is 0.839 bits per heavy atom. The number of nitrogens with zero attached hydrogens (tertiary/aromatic N) is 3. The van der Waals surface area contributed by atoms with Gasteiger partial charge in [0.25, 0.3) is 0 Å². The predicted molar refractivity (Wildman–Crippen MR) is 129 cm³/mol. The van der Waals surface area contributed by atoms with Crippen LogP contribution in [-0.2, 0) is 13.5 Å². The highest BCUT2D eigenvalue weighted by atomic mass is 14.9. The molecule has 0 amide bonds. The van der Waals surface area contributed by atoms with E-state index in [1.54, 1.807) is 0 Å². The molecule has 0 radical (unpaired) electrons. The van der Waals surface area contributed by atoms with Crippen LogP contribution in [0, 0.1) is 26.2 Å². The van der Waals surface area contributed by atoms with E-state index >= 15 is 0 Å². The molecule has 0 aliphatic heterocycles. The molecule has 0 saturated carbocycles. The lowest BCUT2D eigenvalue weighted by Crippen LogP contribution is -2.32. The van der Waals surface area contributed by atoms with Crippen molar-refractivity contribution in [1.29, 1.82) is 0 Å². The second kappa shape index (κ2) is 7.88. The maximum atomic E-state index is 4.62. The standard InChI is InChI=1S/C28H32N3/c1-18-12-19(2)20(3)24(13-18)25-11-10-21-8-9-22(14-26(21)31(25)7)23-16-29-27(30-17-23)15-28(4,5)6/h8-14,16-17H,15H2,1-7H3/q+1. The Morgan fingerprint density at radius 2 is 1.52 bits per heavy atom. The molecule has 3 heteroatoms. The molecule has 31 heavy (non-hydrogen) atoms. The van der Waals surface area contributed by atoms with Crippen LogP contribution in [0.15, 0.2) is 54.9 Å². The Morgan fingerprint density at radius 3 is 2.19 bits per heavy atom. The molecule has 4 rings (SSSR count).